The Morgan fingerprint density at radius 1 is 1.50 bits per heavy atom. The Bertz CT molecular complexity index is 309. The number of hydrogen-bond acceptors (Lipinski definition) is 2. The third-order valence-corrected chi connectivity index (χ3v) is 3.16. The Balaban J connectivity index is 2.49. The minimum atomic E-state index is 0.519. The van der Waals surface area contributed by atoms with E-state index in [1.807, 2.05) is 0 Å². The summed E-state index contributed by atoms with van der Waals surface area (Å²) in [7, 11) is 0. The third-order valence-electron chi connectivity index (χ3n) is 2.64. The topological polar surface area (TPSA) is 29.9 Å². The maximum Gasteiger partial charge on any atom is 0.0625 e. The van der Waals surface area contributed by atoms with Crippen LogP contribution in [0.5, 0.6) is 0 Å². The van der Waals surface area contributed by atoms with Crippen molar-refractivity contribution in [2.24, 2.45) is 5.92 Å². The fourth-order valence-electron chi connectivity index (χ4n) is 1.61. The molecule has 1 rings (SSSR count). The van der Waals surface area contributed by atoms with Gasteiger partial charge >= 0.3 is 0 Å². The zero-order chi connectivity index (χ0) is 12.0. The molecule has 1 unspecified atom stereocenters. The van der Waals surface area contributed by atoms with Gasteiger partial charge in [-0.25, -0.2) is 0 Å². The van der Waals surface area contributed by atoms with Crippen LogP contribution in [0.3, 0.4) is 0 Å². The summed E-state index contributed by atoms with van der Waals surface area (Å²) >= 11 is 5.76. The number of alkyl halides is 1. The first-order valence-corrected chi connectivity index (χ1v) is 6.56. The van der Waals surface area contributed by atoms with E-state index < -0.39 is 0 Å². The first-order valence-electron chi connectivity index (χ1n) is 6.03. The summed E-state index contributed by atoms with van der Waals surface area (Å²) in [5, 5.41) is 7.93. The van der Waals surface area contributed by atoms with Crippen molar-refractivity contribution in [1.82, 2.24) is 15.1 Å². The van der Waals surface area contributed by atoms with Gasteiger partial charge < -0.3 is 5.32 Å². The van der Waals surface area contributed by atoms with Crippen molar-refractivity contribution in [3.05, 3.63) is 17.5 Å². The predicted molar refractivity (Wildman–Crippen MR) is 68.9 cm³/mol. The highest BCUT2D eigenvalue weighted by molar-refractivity contribution is 6.18. The molecule has 1 heterocycles. The smallest absolute Gasteiger partial charge is 0.0625 e. The molecule has 0 bridgehead atoms. The summed E-state index contributed by atoms with van der Waals surface area (Å²) in [4.78, 5) is 0. The standard InChI is InChI=1S/C12H22ClN3/c1-4-11-6-12(16(5-2)15-11)9-14-8-10(3)7-13/h6,10,14H,4-5,7-9H2,1-3H3. The number of nitrogens with zero attached hydrogens (tertiary/aromatic N) is 2. The molecule has 16 heavy (non-hydrogen) atoms. The second kappa shape index (κ2) is 6.92. The van der Waals surface area contributed by atoms with Gasteiger partial charge in [0, 0.05) is 19.0 Å². The van der Waals surface area contributed by atoms with Crippen LogP contribution < -0.4 is 5.32 Å². The molecule has 0 saturated heterocycles. The summed E-state index contributed by atoms with van der Waals surface area (Å²) in [5.74, 6) is 1.23. The van der Waals surface area contributed by atoms with Crippen molar-refractivity contribution in [1.29, 1.82) is 0 Å². The van der Waals surface area contributed by atoms with E-state index in [1.54, 1.807) is 0 Å². The molecule has 1 aromatic heterocycles. The highest BCUT2D eigenvalue weighted by atomic mass is 35.5. The van der Waals surface area contributed by atoms with E-state index in [-0.39, 0.29) is 0 Å². The van der Waals surface area contributed by atoms with Crippen LogP contribution in [-0.4, -0.2) is 22.2 Å². The molecule has 4 heteroatoms. The van der Waals surface area contributed by atoms with Crippen LogP contribution in [0.1, 0.15) is 32.2 Å². The second-order valence-electron chi connectivity index (χ2n) is 4.19. The van der Waals surface area contributed by atoms with E-state index in [1.165, 1.54) is 11.4 Å². The minimum absolute atomic E-state index is 0.519. The van der Waals surface area contributed by atoms with Crippen molar-refractivity contribution < 1.29 is 0 Å². The van der Waals surface area contributed by atoms with Crippen molar-refractivity contribution >= 4 is 11.6 Å². The van der Waals surface area contributed by atoms with Crippen molar-refractivity contribution in [2.45, 2.75) is 40.3 Å². The Morgan fingerprint density at radius 3 is 2.81 bits per heavy atom. The molecule has 1 aromatic rings. The van der Waals surface area contributed by atoms with Crippen LogP contribution >= 0.6 is 11.6 Å². The van der Waals surface area contributed by atoms with Gasteiger partial charge in [0.15, 0.2) is 0 Å². The van der Waals surface area contributed by atoms with E-state index in [2.05, 4.69) is 41.9 Å². The molecule has 0 aliphatic carbocycles. The fraction of sp³-hybridized carbons (Fsp3) is 0.750. The van der Waals surface area contributed by atoms with Crippen LogP contribution in [0, 0.1) is 5.92 Å². The van der Waals surface area contributed by atoms with Crippen molar-refractivity contribution in [3.63, 3.8) is 0 Å². The number of aryl methyl sites for hydroxylation is 2. The van der Waals surface area contributed by atoms with E-state index in [0.717, 1.165) is 26.1 Å². The molecule has 0 fully saturated rings. The molecular formula is C12H22ClN3. The third kappa shape index (κ3) is 3.80. The monoisotopic (exact) mass is 243 g/mol. The highest BCUT2D eigenvalue weighted by Gasteiger charge is 2.05. The molecule has 1 N–H and O–H groups in total. The largest absolute Gasteiger partial charge is 0.311 e. The highest BCUT2D eigenvalue weighted by Crippen LogP contribution is 2.05. The first-order chi connectivity index (χ1) is 7.71. The van der Waals surface area contributed by atoms with Gasteiger partial charge in [-0.1, -0.05) is 13.8 Å². The van der Waals surface area contributed by atoms with E-state index in [9.17, 15) is 0 Å². The molecule has 0 aliphatic rings. The Morgan fingerprint density at radius 2 is 2.25 bits per heavy atom. The van der Waals surface area contributed by atoms with Gasteiger partial charge in [0.05, 0.1) is 11.4 Å². The van der Waals surface area contributed by atoms with Gasteiger partial charge in [-0.2, -0.15) is 5.10 Å². The molecule has 0 aliphatic heterocycles. The van der Waals surface area contributed by atoms with Crippen LogP contribution in [0.25, 0.3) is 0 Å². The maximum atomic E-state index is 5.76. The van der Waals surface area contributed by atoms with E-state index in [0.29, 0.717) is 11.8 Å². The molecule has 0 spiro atoms. The van der Waals surface area contributed by atoms with Gasteiger partial charge in [0.1, 0.15) is 0 Å². The molecule has 92 valence electrons. The predicted octanol–water partition coefficient (Wildman–Crippen LogP) is 2.43. The Labute approximate surface area is 103 Å². The minimum Gasteiger partial charge on any atom is -0.311 e. The lowest BCUT2D eigenvalue weighted by atomic mass is 10.2. The van der Waals surface area contributed by atoms with Gasteiger partial charge in [0.2, 0.25) is 0 Å². The zero-order valence-corrected chi connectivity index (χ0v) is 11.2. The molecule has 3 nitrogen and oxygen atoms in total. The summed E-state index contributed by atoms with van der Waals surface area (Å²) in [6.45, 7) is 9.17. The van der Waals surface area contributed by atoms with Crippen molar-refractivity contribution in [2.75, 3.05) is 12.4 Å². The van der Waals surface area contributed by atoms with E-state index >= 15 is 0 Å². The van der Waals surface area contributed by atoms with Crippen LogP contribution in [0.4, 0.5) is 0 Å². The SMILES string of the molecule is CCc1cc(CNCC(C)CCl)n(CC)n1. The fourth-order valence-corrected chi connectivity index (χ4v) is 1.71. The molecule has 0 amide bonds. The zero-order valence-electron chi connectivity index (χ0n) is 10.5. The first kappa shape index (κ1) is 13.5. The summed E-state index contributed by atoms with van der Waals surface area (Å²) in [6, 6.07) is 2.18. The van der Waals surface area contributed by atoms with Crippen molar-refractivity contribution in [3.8, 4) is 0 Å². The molecule has 0 aromatic carbocycles. The lowest BCUT2D eigenvalue weighted by Crippen LogP contribution is -2.23. The van der Waals surface area contributed by atoms with E-state index in [4.69, 9.17) is 11.6 Å². The maximum absolute atomic E-state index is 5.76. The number of hydrogen-bond donors (Lipinski definition) is 1. The van der Waals surface area contributed by atoms with Crippen LogP contribution in [-0.2, 0) is 19.5 Å². The Kier molecular flexibility index (Phi) is 5.85. The molecule has 0 radical (unpaired) electrons. The summed E-state index contributed by atoms with van der Waals surface area (Å²) in [6.07, 6.45) is 0.998. The lowest BCUT2D eigenvalue weighted by molar-refractivity contribution is 0.527. The second-order valence-corrected chi connectivity index (χ2v) is 4.50. The van der Waals surface area contributed by atoms with Gasteiger partial charge in [-0.3, -0.25) is 4.68 Å². The van der Waals surface area contributed by atoms with Gasteiger partial charge in [-0.05, 0) is 31.9 Å². The average Bonchev–Trinajstić information content (AvgIpc) is 2.71. The molecule has 0 saturated carbocycles. The molecular weight excluding hydrogens is 222 g/mol. The quantitative estimate of drug-likeness (QED) is 0.746. The van der Waals surface area contributed by atoms with Crippen LogP contribution in [0.15, 0.2) is 6.07 Å². The number of nitrogens with one attached hydrogen (secondary N) is 1. The van der Waals surface area contributed by atoms with Gasteiger partial charge in [0.25, 0.3) is 0 Å². The lowest BCUT2D eigenvalue weighted by Gasteiger charge is -2.09. The average molecular weight is 244 g/mol. The number of rotatable bonds is 7. The molecule has 1 atom stereocenters. The summed E-state index contributed by atoms with van der Waals surface area (Å²) in [5.41, 5.74) is 2.44. The number of aromatic nitrogens is 2. The van der Waals surface area contributed by atoms with Crippen LogP contribution in [0.2, 0.25) is 0 Å². The summed E-state index contributed by atoms with van der Waals surface area (Å²) < 4.78 is 2.07. The van der Waals surface area contributed by atoms with Gasteiger partial charge in [-0.15, -0.1) is 11.6 Å². The Hall–Kier alpha value is -0.540. The normalized spacial score (nSPS) is 13.0. The number of halogens is 1.